The summed E-state index contributed by atoms with van der Waals surface area (Å²) in [6.45, 7) is 5.55. The number of nitrogens with one attached hydrogen (secondary N) is 3. The lowest BCUT2D eigenvalue weighted by Crippen LogP contribution is -2.50. The highest BCUT2D eigenvalue weighted by atomic mass is 16.6. The molecule has 0 aliphatic heterocycles. The van der Waals surface area contributed by atoms with E-state index in [9.17, 15) is 24.3 Å². The third-order valence-electron chi connectivity index (χ3n) is 6.65. The summed E-state index contributed by atoms with van der Waals surface area (Å²) in [7, 11) is 0. The number of carbonyl (C=O) groups is 4. The summed E-state index contributed by atoms with van der Waals surface area (Å²) in [6, 6.07) is 1.84. The normalized spacial score (nSPS) is 16.5. The number of amides is 3. The molecule has 1 aliphatic rings. The van der Waals surface area contributed by atoms with Crippen molar-refractivity contribution in [1.29, 1.82) is 0 Å². The summed E-state index contributed by atoms with van der Waals surface area (Å²) in [5.41, 5.74) is -0.718. The Morgan fingerprint density at radius 3 is 2.46 bits per heavy atom. The molecule has 1 aromatic rings. The maximum Gasteiger partial charge on any atom is 0.407 e. The molecule has 1 saturated carbocycles. The highest BCUT2D eigenvalue weighted by Gasteiger charge is 2.30. The third kappa shape index (κ3) is 13.5. The summed E-state index contributed by atoms with van der Waals surface area (Å²) in [6.07, 6.45) is 5.98. The van der Waals surface area contributed by atoms with Gasteiger partial charge >= 0.3 is 12.1 Å². The summed E-state index contributed by atoms with van der Waals surface area (Å²) >= 11 is 0. The average Bonchev–Trinajstić information content (AvgIpc) is 3.37. The van der Waals surface area contributed by atoms with Gasteiger partial charge in [-0.05, 0) is 58.1 Å². The van der Waals surface area contributed by atoms with Crippen LogP contribution in [0.4, 0.5) is 4.79 Å². The van der Waals surface area contributed by atoms with Gasteiger partial charge in [-0.25, -0.2) is 4.79 Å². The molecule has 11 nitrogen and oxygen atoms in total. The van der Waals surface area contributed by atoms with Crippen molar-refractivity contribution in [3.8, 4) is 0 Å². The van der Waals surface area contributed by atoms with Crippen LogP contribution in [0.3, 0.4) is 0 Å². The molecule has 0 saturated heterocycles. The quantitative estimate of drug-likeness (QED) is 0.207. The predicted octanol–water partition coefficient (Wildman–Crippen LogP) is 3.29. The van der Waals surface area contributed by atoms with Gasteiger partial charge in [-0.1, -0.05) is 32.1 Å². The lowest BCUT2D eigenvalue weighted by atomic mass is 9.83. The SMILES string of the molecule is CC(C)(C)OC(=O)N[C@@H](CC1CCCCC1)[C@@H](O)CC(=O)N[C@@H](CCC(=O)O)C(=O)NCCCc1ccco1. The first-order valence-corrected chi connectivity index (χ1v) is 13.9. The summed E-state index contributed by atoms with van der Waals surface area (Å²) in [5.74, 6) is -1.09. The van der Waals surface area contributed by atoms with E-state index in [1.54, 1.807) is 33.1 Å². The van der Waals surface area contributed by atoms with Crippen LogP contribution in [-0.2, 0) is 25.5 Å². The van der Waals surface area contributed by atoms with E-state index in [2.05, 4.69) is 16.0 Å². The molecule has 1 heterocycles. The van der Waals surface area contributed by atoms with E-state index >= 15 is 0 Å². The van der Waals surface area contributed by atoms with E-state index in [0.29, 0.717) is 31.7 Å². The number of hydrogen-bond acceptors (Lipinski definition) is 7. The number of aliphatic hydroxyl groups excluding tert-OH is 1. The van der Waals surface area contributed by atoms with Crippen LogP contribution >= 0.6 is 0 Å². The number of carboxylic acid groups (broad SMARTS) is 1. The van der Waals surface area contributed by atoms with E-state index < -0.39 is 47.7 Å². The number of aryl methyl sites for hydroxylation is 1. The Bertz CT molecular complexity index is 906. The van der Waals surface area contributed by atoms with Gasteiger partial charge < -0.3 is 35.3 Å². The Labute approximate surface area is 230 Å². The standard InChI is InChI=1S/C28H45N3O8/c1-28(2,3)39-27(37)31-22(17-19-9-5-4-6-10-19)23(32)18-24(33)30-21(13-14-25(34)35)26(36)29-15-7-11-20-12-8-16-38-20/h8,12,16,19,21-23,32H,4-7,9-11,13-15,17-18H2,1-3H3,(H,29,36)(H,30,33)(H,31,37)(H,34,35)/t21-,22-,23-/m0/s1. The van der Waals surface area contributed by atoms with Gasteiger partial charge in [0.1, 0.15) is 17.4 Å². The lowest BCUT2D eigenvalue weighted by molar-refractivity contribution is -0.138. The summed E-state index contributed by atoms with van der Waals surface area (Å²) in [5, 5.41) is 28.1. The number of alkyl carbamates (subject to hydrolysis) is 1. The van der Waals surface area contributed by atoms with E-state index in [1.807, 2.05) is 6.07 Å². The van der Waals surface area contributed by atoms with Crippen LogP contribution in [-0.4, -0.2) is 64.4 Å². The number of aliphatic hydroxyl groups is 1. The molecule has 0 radical (unpaired) electrons. The van der Waals surface area contributed by atoms with Gasteiger partial charge in [0.25, 0.3) is 0 Å². The smallest absolute Gasteiger partial charge is 0.407 e. The first kappa shape index (κ1) is 32.1. The number of carbonyl (C=O) groups excluding carboxylic acids is 3. The van der Waals surface area contributed by atoms with Gasteiger partial charge in [-0.2, -0.15) is 0 Å². The lowest BCUT2D eigenvalue weighted by Gasteiger charge is -2.31. The zero-order valence-electron chi connectivity index (χ0n) is 23.4. The minimum atomic E-state index is -1.21. The van der Waals surface area contributed by atoms with E-state index in [1.165, 1.54) is 0 Å². The zero-order chi connectivity index (χ0) is 28.8. The van der Waals surface area contributed by atoms with Crippen LogP contribution in [0.2, 0.25) is 0 Å². The maximum absolute atomic E-state index is 12.9. The van der Waals surface area contributed by atoms with E-state index in [-0.39, 0.29) is 19.3 Å². The van der Waals surface area contributed by atoms with Crippen LogP contribution < -0.4 is 16.0 Å². The topological polar surface area (TPSA) is 167 Å². The number of furan rings is 1. The molecule has 3 atom stereocenters. The Hall–Kier alpha value is -3.08. The van der Waals surface area contributed by atoms with E-state index in [0.717, 1.165) is 37.9 Å². The molecular formula is C28H45N3O8. The fraction of sp³-hybridized carbons (Fsp3) is 0.714. The number of hydrogen-bond donors (Lipinski definition) is 5. The minimum Gasteiger partial charge on any atom is -0.481 e. The van der Waals surface area contributed by atoms with Crippen molar-refractivity contribution in [2.45, 2.75) is 115 Å². The minimum absolute atomic E-state index is 0.0944. The van der Waals surface area contributed by atoms with Gasteiger partial charge in [0.15, 0.2) is 0 Å². The molecule has 0 spiro atoms. The highest BCUT2D eigenvalue weighted by Crippen LogP contribution is 2.28. The molecule has 5 N–H and O–H groups in total. The number of carboxylic acids is 1. The second-order valence-corrected chi connectivity index (χ2v) is 11.3. The molecule has 2 rings (SSSR count). The van der Waals surface area contributed by atoms with Crippen molar-refractivity contribution in [2.24, 2.45) is 5.92 Å². The molecule has 0 unspecified atom stereocenters. The van der Waals surface area contributed by atoms with Crippen LogP contribution in [0.1, 0.15) is 90.7 Å². The predicted molar refractivity (Wildman–Crippen MR) is 144 cm³/mol. The molecule has 1 fully saturated rings. The van der Waals surface area contributed by atoms with Gasteiger partial charge in [0.2, 0.25) is 11.8 Å². The second kappa shape index (κ2) is 16.1. The number of rotatable bonds is 15. The van der Waals surface area contributed by atoms with Crippen molar-refractivity contribution >= 4 is 23.9 Å². The van der Waals surface area contributed by atoms with Crippen LogP contribution in [0.5, 0.6) is 0 Å². The molecule has 1 aliphatic carbocycles. The second-order valence-electron chi connectivity index (χ2n) is 11.3. The molecule has 1 aromatic heterocycles. The van der Waals surface area contributed by atoms with Crippen LogP contribution in [0.25, 0.3) is 0 Å². The Balaban J connectivity index is 1.96. The molecule has 39 heavy (non-hydrogen) atoms. The molecular weight excluding hydrogens is 506 g/mol. The molecule has 11 heteroatoms. The molecule has 3 amide bonds. The van der Waals surface area contributed by atoms with Crippen LogP contribution in [0.15, 0.2) is 22.8 Å². The van der Waals surface area contributed by atoms with Crippen molar-refractivity contribution in [1.82, 2.24) is 16.0 Å². The molecule has 220 valence electrons. The Morgan fingerprint density at radius 2 is 1.85 bits per heavy atom. The third-order valence-corrected chi connectivity index (χ3v) is 6.65. The zero-order valence-corrected chi connectivity index (χ0v) is 23.4. The van der Waals surface area contributed by atoms with Crippen molar-refractivity contribution in [2.75, 3.05) is 6.54 Å². The van der Waals surface area contributed by atoms with Gasteiger partial charge in [-0.3, -0.25) is 14.4 Å². The summed E-state index contributed by atoms with van der Waals surface area (Å²) < 4.78 is 10.6. The van der Waals surface area contributed by atoms with Gasteiger partial charge in [0, 0.05) is 19.4 Å². The average molecular weight is 552 g/mol. The van der Waals surface area contributed by atoms with Crippen molar-refractivity contribution in [3.63, 3.8) is 0 Å². The van der Waals surface area contributed by atoms with Gasteiger partial charge in [-0.15, -0.1) is 0 Å². The fourth-order valence-corrected chi connectivity index (χ4v) is 4.73. The first-order valence-electron chi connectivity index (χ1n) is 13.9. The first-order chi connectivity index (χ1) is 18.4. The van der Waals surface area contributed by atoms with E-state index in [4.69, 9.17) is 14.3 Å². The number of aliphatic carboxylic acids is 1. The molecule has 0 aromatic carbocycles. The van der Waals surface area contributed by atoms with Crippen molar-refractivity contribution < 1.29 is 38.5 Å². The number of ether oxygens (including phenoxy) is 1. The van der Waals surface area contributed by atoms with Gasteiger partial charge in [0.05, 0.1) is 24.8 Å². The summed E-state index contributed by atoms with van der Waals surface area (Å²) in [4.78, 5) is 49.2. The Morgan fingerprint density at radius 1 is 1.13 bits per heavy atom. The van der Waals surface area contributed by atoms with Crippen molar-refractivity contribution in [3.05, 3.63) is 24.2 Å². The highest BCUT2D eigenvalue weighted by molar-refractivity contribution is 5.88. The fourth-order valence-electron chi connectivity index (χ4n) is 4.73. The Kier molecular flexibility index (Phi) is 13.3. The van der Waals surface area contributed by atoms with Crippen LogP contribution in [0, 0.1) is 5.92 Å². The molecule has 0 bridgehead atoms. The maximum atomic E-state index is 12.9. The monoisotopic (exact) mass is 551 g/mol. The largest absolute Gasteiger partial charge is 0.481 e.